The van der Waals surface area contributed by atoms with Crippen LogP contribution in [0.15, 0.2) is 0 Å². The van der Waals surface area contributed by atoms with Crippen molar-refractivity contribution < 1.29 is 33.9 Å². The number of hydroxylamine groups is 14. The highest BCUT2D eigenvalue weighted by molar-refractivity contribution is 5.49. The van der Waals surface area contributed by atoms with Gasteiger partial charge in [-0.05, 0) is 280 Å². The predicted octanol–water partition coefficient (Wildman–Crippen LogP) is 18.9. The number of nitrogens with zero attached hydrogens (tertiary/aromatic N) is 13. The van der Waals surface area contributed by atoms with E-state index < -0.39 is 0 Å². The van der Waals surface area contributed by atoms with Crippen molar-refractivity contribution in [2.45, 2.75) is 446 Å². The van der Waals surface area contributed by atoms with Crippen molar-refractivity contribution in [1.82, 2.24) is 50.4 Å². The smallest absolute Gasteiger partial charge is 0.232 e. The molecule has 20 heteroatoms. The SMILES string of the molecule is CCCCN(c1nc(N(CCCCCCN(OCC)C2CC(C)(C)N(OCCC)C(C)(C)C2)C2CC(C)(C)N(OCCC)C(C)(C)C2)nc(N(CCCCCCN(OCCC)C2CC(C)(C)N(OCCC)C(C)(C)C2)C2CC(C)(C)N(OCCC)C(C)(C)C2)n1)C1CC(C)(C)N(OCCC)C(C)(C)C1. The van der Waals surface area contributed by atoms with Gasteiger partial charge in [-0.1, -0.05) is 80.6 Å². The van der Waals surface area contributed by atoms with E-state index in [9.17, 15) is 0 Å². The first-order valence-electron chi connectivity index (χ1n) is 42.7. The molecule has 0 unspecified atom stereocenters. The van der Waals surface area contributed by atoms with Gasteiger partial charge in [-0.25, -0.2) is 0 Å². The first-order chi connectivity index (χ1) is 48.7. The molecule has 0 aromatic carbocycles. The molecule has 6 heterocycles. The molecular weight excluding hydrogens is 1300 g/mol. The van der Waals surface area contributed by atoms with E-state index in [1.807, 2.05) is 0 Å². The minimum atomic E-state index is -0.273. The Morgan fingerprint density at radius 2 is 0.471 bits per heavy atom. The number of anilines is 3. The molecule has 0 saturated carbocycles. The second-order valence-corrected chi connectivity index (χ2v) is 38.6. The molecule has 1 aromatic heterocycles. The summed E-state index contributed by atoms with van der Waals surface area (Å²) in [6.07, 6.45) is 25.8. The van der Waals surface area contributed by atoms with E-state index in [-0.39, 0.29) is 73.5 Å². The van der Waals surface area contributed by atoms with Crippen molar-refractivity contribution in [1.29, 1.82) is 0 Å². The van der Waals surface area contributed by atoms with E-state index in [0.29, 0.717) is 38.5 Å². The lowest BCUT2D eigenvalue weighted by atomic mass is 9.78. The summed E-state index contributed by atoms with van der Waals surface area (Å²) in [5.41, 5.74) is -2.12. The summed E-state index contributed by atoms with van der Waals surface area (Å²) < 4.78 is 0. The molecule has 0 bridgehead atoms. The first kappa shape index (κ1) is 90.7. The van der Waals surface area contributed by atoms with Gasteiger partial charge in [-0.15, -0.1) is 0 Å². The normalized spacial score (nSPS) is 23.4. The lowest BCUT2D eigenvalue weighted by Crippen LogP contribution is -2.65. The Morgan fingerprint density at radius 3 is 0.692 bits per heavy atom. The van der Waals surface area contributed by atoms with Crippen LogP contribution >= 0.6 is 0 Å². The van der Waals surface area contributed by atoms with Gasteiger partial charge in [-0.2, -0.15) is 50.4 Å². The van der Waals surface area contributed by atoms with Crippen molar-refractivity contribution in [3.8, 4) is 0 Å². The zero-order valence-electron chi connectivity index (χ0n) is 72.9. The molecule has 0 amide bonds. The summed E-state index contributed by atoms with van der Waals surface area (Å²) in [5.74, 6) is 2.43. The second kappa shape index (κ2) is 39.4. The van der Waals surface area contributed by atoms with Gasteiger partial charge in [-0.3, -0.25) is 33.9 Å². The van der Waals surface area contributed by atoms with Gasteiger partial charge in [0.2, 0.25) is 17.8 Å². The average Bonchev–Trinajstić information content (AvgIpc) is 0.763. The number of aromatic nitrogens is 3. The zero-order valence-corrected chi connectivity index (χ0v) is 72.9. The molecule has 5 aliphatic heterocycles. The van der Waals surface area contributed by atoms with Crippen LogP contribution in [0.2, 0.25) is 0 Å². The highest BCUT2D eigenvalue weighted by atomic mass is 16.7. The Morgan fingerprint density at radius 1 is 0.260 bits per heavy atom. The summed E-state index contributed by atoms with van der Waals surface area (Å²) >= 11 is 0. The molecule has 608 valence electrons. The minimum absolute atomic E-state index is 0.128. The van der Waals surface area contributed by atoms with Crippen LogP contribution in [0, 0.1) is 0 Å². The maximum Gasteiger partial charge on any atom is 0.232 e. The molecule has 0 N–H and O–H groups in total. The van der Waals surface area contributed by atoms with Gasteiger partial charge in [0.25, 0.3) is 0 Å². The van der Waals surface area contributed by atoms with E-state index in [0.717, 1.165) is 237 Å². The van der Waals surface area contributed by atoms with Crippen LogP contribution in [0.1, 0.15) is 361 Å². The molecule has 5 fully saturated rings. The molecule has 5 aliphatic rings. The molecule has 104 heavy (non-hydrogen) atoms. The number of unbranched alkanes of at least 4 members (excludes halogenated alkanes) is 7. The van der Waals surface area contributed by atoms with Crippen molar-refractivity contribution >= 4 is 17.8 Å². The largest absolute Gasteiger partial charge is 0.337 e. The van der Waals surface area contributed by atoms with Crippen LogP contribution in [0.25, 0.3) is 0 Å². The fourth-order valence-electron chi connectivity index (χ4n) is 20.1. The van der Waals surface area contributed by atoms with E-state index in [4.69, 9.17) is 48.8 Å². The molecule has 6 rings (SSSR count). The van der Waals surface area contributed by atoms with Gasteiger partial charge in [0, 0.05) is 118 Å². The van der Waals surface area contributed by atoms with Crippen molar-refractivity contribution in [3.63, 3.8) is 0 Å². The molecule has 0 spiro atoms. The Hall–Kier alpha value is -2.15. The van der Waals surface area contributed by atoms with Gasteiger partial charge < -0.3 is 14.7 Å². The molecule has 5 saturated heterocycles. The second-order valence-electron chi connectivity index (χ2n) is 38.6. The van der Waals surface area contributed by atoms with Gasteiger partial charge in [0.1, 0.15) is 0 Å². The highest BCUT2D eigenvalue weighted by Crippen LogP contribution is 2.48. The predicted molar refractivity (Wildman–Crippen MR) is 431 cm³/mol. The average molecular weight is 1470 g/mol. The van der Waals surface area contributed by atoms with E-state index in [1.165, 1.54) is 0 Å². The van der Waals surface area contributed by atoms with E-state index >= 15 is 0 Å². The summed E-state index contributed by atoms with van der Waals surface area (Å²) in [4.78, 5) is 72.7. The molecule has 20 nitrogen and oxygen atoms in total. The number of hydrogen-bond acceptors (Lipinski definition) is 20. The first-order valence-corrected chi connectivity index (χ1v) is 42.7. The third kappa shape index (κ3) is 24.2. The highest BCUT2D eigenvalue weighted by Gasteiger charge is 2.54. The van der Waals surface area contributed by atoms with Crippen LogP contribution < -0.4 is 14.7 Å². The Bertz CT molecular complexity index is 2550. The maximum absolute atomic E-state index is 6.79. The van der Waals surface area contributed by atoms with Crippen molar-refractivity contribution in [2.75, 3.05) is 93.7 Å². The number of rotatable bonds is 45. The minimum Gasteiger partial charge on any atom is -0.337 e. The van der Waals surface area contributed by atoms with Gasteiger partial charge in [0.05, 0.1) is 46.2 Å². The van der Waals surface area contributed by atoms with Crippen molar-refractivity contribution in [3.05, 3.63) is 0 Å². The third-order valence-electron chi connectivity index (χ3n) is 23.0. The summed E-state index contributed by atoms with van der Waals surface area (Å²) in [6.45, 7) is 74.5. The number of piperidine rings is 5. The monoisotopic (exact) mass is 1470 g/mol. The Kier molecular flexibility index (Phi) is 34.3. The van der Waals surface area contributed by atoms with Gasteiger partial charge in [0.15, 0.2) is 0 Å². The fourth-order valence-corrected chi connectivity index (χ4v) is 20.1. The Labute approximate surface area is 639 Å². The Balaban J connectivity index is 1.45. The van der Waals surface area contributed by atoms with Crippen LogP contribution in [-0.2, 0) is 33.9 Å². The molecule has 0 aliphatic carbocycles. The van der Waals surface area contributed by atoms with E-state index in [1.54, 1.807) is 0 Å². The quantitative estimate of drug-likeness (QED) is 0.0452. The zero-order chi connectivity index (χ0) is 77.3. The number of hydrogen-bond donors (Lipinski definition) is 0. The fraction of sp³-hybridized carbons (Fsp3) is 0.964. The van der Waals surface area contributed by atoms with Crippen LogP contribution in [0.4, 0.5) is 17.8 Å². The third-order valence-corrected chi connectivity index (χ3v) is 23.0. The molecule has 0 radical (unpaired) electrons. The van der Waals surface area contributed by atoms with Crippen LogP contribution in [0.5, 0.6) is 0 Å². The standard InChI is InChI=1S/C84H165N13O7/c1-29-37-46-88(67-57-75(9,10)93(100-52-31-3)76(11,12)58-67)72-85-73(89(68-59-77(13,14)94(101-53-32-4)78(15,16)60-68)47-42-38-40-44-49-91(98-36-8)70-63-81(21,22)96(103-55-34-6)82(23,24)64-70)87-74(86-72)90(69-61-79(17,18)95(102-54-33-5)80(19,20)62-69)48-43-39-41-45-50-92(99-51-30-2)71-65-83(25,26)97(104-56-35-7)84(27,28)66-71/h67-71H,29-66H2,1-28H3. The van der Waals surface area contributed by atoms with Crippen LogP contribution in [-0.4, -0.2) is 215 Å². The summed E-state index contributed by atoms with van der Waals surface area (Å²) in [7, 11) is 0. The van der Waals surface area contributed by atoms with Gasteiger partial charge >= 0.3 is 0 Å². The topological polar surface area (TPSA) is 136 Å². The lowest BCUT2D eigenvalue weighted by molar-refractivity contribution is -0.305. The van der Waals surface area contributed by atoms with Crippen molar-refractivity contribution in [2.24, 2.45) is 0 Å². The summed E-state index contributed by atoms with van der Waals surface area (Å²) in [5, 5.41) is 16.3. The molecular formula is C84H165N13O7. The van der Waals surface area contributed by atoms with E-state index in [2.05, 4.69) is 244 Å². The summed E-state index contributed by atoms with van der Waals surface area (Å²) in [6, 6.07) is 1.00. The van der Waals surface area contributed by atoms with Crippen LogP contribution in [0.3, 0.4) is 0 Å². The maximum atomic E-state index is 6.79. The lowest BCUT2D eigenvalue weighted by Gasteiger charge is -2.56. The molecule has 1 aromatic rings. The molecule has 0 atom stereocenters.